The molecule has 0 bridgehead atoms. The van der Waals surface area contributed by atoms with Crippen molar-refractivity contribution in [2.24, 2.45) is 11.8 Å². The largest absolute Gasteiger partial charge is 0.431 e. The monoisotopic (exact) mass is 320 g/mol. The van der Waals surface area contributed by atoms with Crippen molar-refractivity contribution < 1.29 is 9.21 Å². The Morgan fingerprint density at radius 1 is 1.18 bits per heavy atom. The van der Waals surface area contributed by atoms with Gasteiger partial charge in [0.15, 0.2) is 5.58 Å². The average molecular weight is 320 g/mol. The van der Waals surface area contributed by atoms with Crippen molar-refractivity contribution in [1.29, 1.82) is 0 Å². The number of para-hydroxylation sites is 2. The number of oxazole rings is 1. The molecule has 2 aromatic rings. The first-order chi connectivity index (χ1) is 10.5. The third kappa shape index (κ3) is 4.77. The molecule has 0 aliphatic carbocycles. The maximum absolute atomic E-state index is 12.4. The van der Waals surface area contributed by atoms with Gasteiger partial charge in [-0.15, -0.1) is 0 Å². The maximum Gasteiger partial charge on any atom is 0.257 e. The Morgan fingerprint density at radius 2 is 1.82 bits per heavy atom. The van der Waals surface area contributed by atoms with Gasteiger partial charge in [-0.25, -0.2) is 4.98 Å². The zero-order chi connectivity index (χ0) is 16.1. The van der Waals surface area contributed by atoms with Crippen molar-refractivity contribution in [2.45, 2.75) is 32.9 Å². The molecule has 0 saturated carbocycles. The molecular formula is C17H24N2O2S. The van der Waals surface area contributed by atoms with E-state index in [1.807, 2.05) is 29.2 Å². The number of nitrogens with zero attached hydrogens (tertiary/aromatic N) is 2. The second-order valence-electron chi connectivity index (χ2n) is 6.32. The summed E-state index contributed by atoms with van der Waals surface area (Å²) in [5.41, 5.74) is 1.59. The number of benzene rings is 1. The standard InChI is InChI=1S/C17H24N2O2S/c1-12(2)9-19(10-13(3)4)16(20)11-22-17-18-14-7-5-6-8-15(14)21-17/h5-8,12-13H,9-11H2,1-4H3. The van der Waals surface area contributed by atoms with Crippen molar-refractivity contribution in [3.8, 4) is 0 Å². The average Bonchev–Trinajstić information content (AvgIpc) is 2.85. The third-order valence-corrected chi connectivity index (χ3v) is 3.93. The van der Waals surface area contributed by atoms with E-state index in [-0.39, 0.29) is 5.91 Å². The lowest BCUT2D eigenvalue weighted by Gasteiger charge is -2.26. The lowest BCUT2D eigenvalue weighted by atomic mass is 10.1. The molecule has 0 fully saturated rings. The summed E-state index contributed by atoms with van der Waals surface area (Å²) in [6, 6.07) is 7.64. The number of carbonyl (C=O) groups excluding carboxylic acids is 1. The molecular weight excluding hydrogens is 296 g/mol. The van der Waals surface area contributed by atoms with Crippen LogP contribution in [0.1, 0.15) is 27.7 Å². The fourth-order valence-electron chi connectivity index (χ4n) is 2.29. The van der Waals surface area contributed by atoms with Crippen molar-refractivity contribution in [2.75, 3.05) is 18.8 Å². The molecule has 0 saturated heterocycles. The van der Waals surface area contributed by atoms with E-state index in [4.69, 9.17) is 4.42 Å². The van der Waals surface area contributed by atoms with Gasteiger partial charge >= 0.3 is 0 Å². The number of fused-ring (bicyclic) bond motifs is 1. The van der Waals surface area contributed by atoms with Gasteiger partial charge in [0.05, 0.1) is 5.75 Å². The Kier molecular flexibility index (Phi) is 5.89. The summed E-state index contributed by atoms with van der Waals surface area (Å²) in [6.45, 7) is 10.1. The van der Waals surface area contributed by atoms with Crippen LogP contribution in [0.15, 0.2) is 33.9 Å². The van der Waals surface area contributed by atoms with Gasteiger partial charge in [0, 0.05) is 13.1 Å². The van der Waals surface area contributed by atoms with Crippen LogP contribution >= 0.6 is 11.8 Å². The second kappa shape index (κ2) is 7.68. The number of aromatic nitrogens is 1. The second-order valence-corrected chi connectivity index (χ2v) is 7.25. The number of thioether (sulfide) groups is 1. The van der Waals surface area contributed by atoms with Crippen LogP contribution < -0.4 is 0 Å². The van der Waals surface area contributed by atoms with Gasteiger partial charge in [-0.05, 0) is 24.0 Å². The van der Waals surface area contributed by atoms with E-state index < -0.39 is 0 Å². The minimum atomic E-state index is 0.148. The molecule has 0 spiro atoms. The zero-order valence-corrected chi connectivity index (χ0v) is 14.5. The van der Waals surface area contributed by atoms with Crippen molar-refractivity contribution >= 4 is 28.8 Å². The van der Waals surface area contributed by atoms with E-state index in [1.54, 1.807) is 0 Å². The molecule has 1 amide bonds. The number of hydrogen-bond donors (Lipinski definition) is 0. The number of rotatable bonds is 7. The van der Waals surface area contributed by atoms with Gasteiger partial charge in [-0.2, -0.15) is 0 Å². The first kappa shape index (κ1) is 16.9. The normalized spacial score (nSPS) is 11.5. The minimum Gasteiger partial charge on any atom is -0.431 e. The van der Waals surface area contributed by atoms with E-state index >= 15 is 0 Å². The Labute approximate surface area is 136 Å². The Hall–Kier alpha value is -1.49. The molecule has 0 unspecified atom stereocenters. The lowest BCUT2D eigenvalue weighted by molar-refractivity contribution is -0.129. The quantitative estimate of drug-likeness (QED) is 0.722. The maximum atomic E-state index is 12.4. The van der Waals surface area contributed by atoms with Gasteiger partial charge in [0.25, 0.3) is 5.22 Å². The minimum absolute atomic E-state index is 0.148. The molecule has 0 aliphatic rings. The predicted molar refractivity (Wildman–Crippen MR) is 91.0 cm³/mol. The van der Waals surface area contributed by atoms with Crippen LogP contribution in [0, 0.1) is 11.8 Å². The van der Waals surface area contributed by atoms with Crippen LogP contribution in [0.2, 0.25) is 0 Å². The highest BCUT2D eigenvalue weighted by Crippen LogP contribution is 2.23. The highest BCUT2D eigenvalue weighted by atomic mass is 32.2. The van der Waals surface area contributed by atoms with Gasteiger partial charge in [0.2, 0.25) is 5.91 Å². The number of amides is 1. The molecule has 1 aromatic heterocycles. The molecule has 0 aliphatic heterocycles. The predicted octanol–water partition coefficient (Wildman–Crippen LogP) is 4.06. The Morgan fingerprint density at radius 3 is 2.41 bits per heavy atom. The van der Waals surface area contributed by atoms with E-state index in [1.165, 1.54) is 11.8 Å². The molecule has 1 aromatic carbocycles. The fourth-order valence-corrected chi connectivity index (χ4v) is 3.03. The number of carbonyl (C=O) groups is 1. The lowest BCUT2D eigenvalue weighted by Crippen LogP contribution is -2.38. The molecule has 1 heterocycles. The smallest absolute Gasteiger partial charge is 0.257 e. The van der Waals surface area contributed by atoms with Crippen LogP contribution in [0.4, 0.5) is 0 Å². The first-order valence-corrected chi connectivity index (χ1v) is 8.70. The van der Waals surface area contributed by atoms with Crippen LogP contribution in [-0.4, -0.2) is 34.6 Å². The summed E-state index contributed by atoms with van der Waals surface area (Å²) in [5.74, 6) is 1.45. The van der Waals surface area contributed by atoms with E-state index in [0.29, 0.717) is 22.8 Å². The fraction of sp³-hybridized carbons (Fsp3) is 0.529. The highest BCUT2D eigenvalue weighted by Gasteiger charge is 2.17. The van der Waals surface area contributed by atoms with Crippen LogP contribution in [0.3, 0.4) is 0 Å². The molecule has 0 N–H and O–H groups in total. The summed E-state index contributed by atoms with van der Waals surface area (Å²) in [4.78, 5) is 18.8. The zero-order valence-electron chi connectivity index (χ0n) is 13.7. The third-order valence-electron chi connectivity index (χ3n) is 3.12. The molecule has 0 radical (unpaired) electrons. The highest BCUT2D eigenvalue weighted by molar-refractivity contribution is 7.99. The summed E-state index contributed by atoms with van der Waals surface area (Å²) in [5, 5.41) is 0.559. The first-order valence-electron chi connectivity index (χ1n) is 7.72. The molecule has 4 nitrogen and oxygen atoms in total. The Balaban J connectivity index is 1.97. The number of hydrogen-bond acceptors (Lipinski definition) is 4. The molecule has 2 rings (SSSR count). The van der Waals surface area contributed by atoms with Gasteiger partial charge in [0.1, 0.15) is 5.52 Å². The molecule has 5 heteroatoms. The van der Waals surface area contributed by atoms with Crippen molar-refractivity contribution in [1.82, 2.24) is 9.88 Å². The SMILES string of the molecule is CC(C)CN(CC(C)C)C(=O)CSc1nc2ccccc2o1. The van der Waals surface area contributed by atoms with Crippen LogP contribution in [0.25, 0.3) is 11.1 Å². The van der Waals surface area contributed by atoms with Crippen molar-refractivity contribution in [3.05, 3.63) is 24.3 Å². The van der Waals surface area contributed by atoms with E-state index in [2.05, 4.69) is 32.7 Å². The van der Waals surface area contributed by atoms with Crippen LogP contribution in [0.5, 0.6) is 0 Å². The van der Waals surface area contributed by atoms with Gasteiger partial charge < -0.3 is 9.32 Å². The van der Waals surface area contributed by atoms with Gasteiger partial charge in [-0.3, -0.25) is 4.79 Å². The molecule has 22 heavy (non-hydrogen) atoms. The molecule has 0 atom stereocenters. The summed E-state index contributed by atoms with van der Waals surface area (Å²) in [6.07, 6.45) is 0. The van der Waals surface area contributed by atoms with E-state index in [9.17, 15) is 4.79 Å². The van der Waals surface area contributed by atoms with Gasteiger partial charge in [-0.1, -0.05) is 51.6 Å². The summed E-state index contributed by atoms with van der Waals surface area (Å²) in [7, 11) is 0. The molecule has 120 valence electrons. The van der Waals surface area contributed by atoms with Crippen LogP contribution in [-0.2, 0) is 4.79 Å². The summed E-state index contributed by atoms with van der Waals surface area (Å²) < 4.78 is 5.64. The van der Waals surface area contributed by atoms with Crippen molar-refractivity contribution in [3.63, 3.8) is 0 Å². The topological polar surface area (TPSA) is 46.3 Å². The Bertz CT molecular complexity index is 579. The summed E-state index contributed by atoms with van der Waals surface area (Å²) >= 11 is 1.37. The van der Waals surface area contributed by atoms with E-state index in [0.717, 1.165) is 24.2 Å².